The zero-order valence-corrected chi connectivity index (χ0v) is 35.0. The fraction of sp³-hybridized carbons (Fsp3) is 0.381. The normalized spacial score (nSPS) is 14.8. The van der Waals surface area contributed by atoms with Gasteiger partial charge in [-0.2, -0.15) is 0 Å². The molecule has 1 atom stereocenters. The van der Waals surface area contributed by atoms with Crippen LogP contribution in [-0.4, -0.2) is 120 Å². The number of anilines is 3. The maximum Gasteiger partial charge on any atom is 0.264 e. The molecule has 4 aromatic rings. The zero-order chi connectivity index (χ0) is 43.3. The molecule has 0 aliphatic carbocycles. The standard InChI is InChI=1S/C42H44Cl2N6O11/c1-45-32-24-47-30-22-36(35(56-3)20-26(30)39(32)48-31-23-34(55-2)28(44)21-27(31)43)61-12-5-11-57-14-16-59-18-19-60-17-15-58-13-10-46-29-7-4-6-25-38(29)42(54)50(41(25)53)33-8-9-37(51)49-40(33)52/h4,6-7,20-24,33,46H,5,8-19H2,2-3H3,(H,47,48)(H,49,51,52). The highest BCUT2D eigenvalue weighted by Gasteiger charge is 2.45. The molecular formula is C42H44Cl2N6O11. The van der Waals surface area contributed by atoms with Crippen LogP contribution >= 0.6 is 23.2 Å². The van der Waals surface area contributed by atoms with Crippen LogP contribution in [0, 0.1) is 6.57 Å². The van der Waals surface area contributed by atoms with Crippen LogP contribution < -0.4 is 30.2 Å². The van der Waals surface area contributed by atoms with Crippen molar-refractivity contribution in [2.75, 3.05) is 90.9 Å². The number of ether oxygens (including phenoxy) is 7. The van der Waals surface area contributed by atoms with Crippen LogP contribution in [0.4, 0.5) is 22.7 Å². The minimum atomic E-state index is -1.02. The van der Waals surface area contributed by atoms with Crippen molar-refractivity contribution in [3.63, 3.8) is 0 Å². The summed E-state index contributed by atoms with van der Waals surface area (Å²) >= 11 is 12.7. The van der Waals surface area contributed by atoms with Gasteiger partial charge in [0.05, 0.1) is 112 Å². The van der Waals surface area contributed by atoms with E-state index in [2.05, 4.69) is 25.8 Å². The van der Waals surface area contributed by atoms with E-state index >= 15 is 0 Å². The Kier molecular flexibility index (Phi) is 15.9. The molecule has 1 saturated heterocycles. The molecule has 4 amide bonds. The van der Waals surface area contributed by atoms with Crippen LogP contribution in [0.25, 0.3) is 15.7 Å². The molecule has 61 heavy (non-hydrogen) atoms. The monoisotopic (exact) mass is 878 g/mol. The molecule has 0 spiro atoms. The van der Waals surface area contributed by atoms with Gasteiger partial charge >= 0.3 is 0 Å². The Morgan fingerprint density at radius 2 is 1.52 bits per heavy atom. The number of halogens is 2. The van der Waals surface area contributed by atoms with Crippen molar-refractivity contribution in [3.05, 3.63) is 81.3 Å². The van der Waals surface area contributed by atoms with Gasteiger partial charge in [0.25, 0.3) is 11.8 Å². The summed E-state index contributed by atoms with van der Waals surface area (Å²) in [5, 5.41) is 9.91. The Morgan fingerprint density at radius 1 is 0.820 bits per heavy atom. The van der Waals surface area contributed by atoms with Crippen molar-refractivity contribution in [3.8, 4) is 17.2 Å². The number of imide groups is 2. The molecule has 1 aromatic heterocycles. The number of piperidine rings is 1. The summed E-state index contributed by atoms with van der Waals surface area (Å²) in [7, 11) is 3.04. The second-order valence-corrected chi connectivity index (χ2v) is 14.3. The van der Waals surface area contributed by atoms with Crippen molar-refractivity contribution >= 4 is 80.5 Å². The summed E-state index contributed by atoms with van der Waals surface area (Å²) < 4.78 is 39.4. The molecule has 3 N–H and O–H groups in total. The first-order valence-corrected chi connectivity index (χ1v) is 20.1. The highest BCUT2D eigenvalue weighted by Crippen LogP contribution is 2.43. The summed E-state index contributed by atoms with van der Waals surface area (Å²) in [4.78, 5) is 59.1. The number of hydrogen-bond acceptors (Lipinski definition) is 14. The van der Waals surface area contributed by atoms with Gasteiger partial charge in [-0.05, 0) is 30.7 Å². The topological polar surface area (TPSA) is 189 Å². The van der Waals surface area contributed by atoms with Crippen molar-refractivity contribution in [1.82, 2.24) is 15.2 Å². The average Bonchev–Trinajstić information content (AvgIpc) is 3.51. The Morgan fingerprint density at radius 3 is 2.21 bits per heavy atom. The number of nitrogens with one attached hydrogen (secondary N) is 3. The molecule has 3 aromatic carbocycles. The van der Waals surface area contributed by atoms with Gasteiger partial charge in [0, 0.05) is 55.4 Å². The molecule has 19 heteroatoms. The summed E-state index contributed by atoms with van der Waals surface area (Å²) in [6.45, 7) is 11.5. The number of carbonyl (C=O) groups excluding carboxylic acids is 4. The molecule has 0 bridgehead atoms. The summed E-state index contributed by atoms with van der Waals surface area (Å²) in [5.74, 6) is -0.825. The number of amides is 4. The predicted molar refractivity (Wildman–Crippen MR) is 226 cm³/mol. The van der Waals surface area contributed by atoms with Gasteiger partial charge in [0.2, 0.25) is 17.5 Å². The van der Waals surface area contributed by atoms with Gasteiger partial charge in [-0.15, -0.1) is 0 Å². The molecule has 0 saturated carbocycles. The first-order valence-electron chi connectivity index (χ1n) is 19.4. The third kappa shape index (κ3) is 11.0. The number of pyridine rings is 1. The van der Waals surface area contributed by atoms with Gasteiger partial charge in [0.15, 0.2) is 11.5 Å². The van der Waals surface area contributed by atoms with Gasteiger partial charge in [-0.1, -0.05) is 29.3 Å². The van der Waals surface area contributed by atoms with Crippen LogP contribution in [0.2, 0.25) is 10.0 Å². The summed E-state index contributed by atoms with van der Waals surface area (Å²) in [5.41, 5.74) is 2.73. The van der Waals surface area contributed by atoms with E-state index in [0.29, 0.717) is 128 Å². The van der Waals surface area contributed by atoms with Crippen molar-refractivity contribution in [1.29, 1.82) is 0 Å². The van der Waals surface area contributed by atoms with E-state index in [0.717, 1.165) is 4.90 Å². The highest BCUT2D eigenvalue weighted by molar-refractivity contribution is 6.37. The van der Waals surface area contributed by atoms with E-state index < -0.39 is 29.7 Å². The third-order valence-corrected chi connectivity index (χ3v) is 10.2. The summed E-state index contributed by atoms with van der Waals surface area (Å²) in [6.07, 6.45) is 2.24. The lowest BCUT2D eigenvalue weighted by molar-refractivity contribution is -0.136. The van der Waals surface area contributed by atoms with Crippen molar-refractivity contribution in [2.45, 2.75) is 25.3 Å². The maximum absolute atomic E-state index is 13.2. The minimum Gasteiger partial charge on any atom is -0.495 e. The number of fused-ring (bicyclic) bond motifs is 2. The molecule has 2 aliphatic heterocycles. The van der Waals surface area contributed by atoms with Crippen LogP contribution in [0.3, 0.4) is 0 Å². The lowest BCUT2D eigenvalue weighted by Gasteiger charge is -2.27. The third-order valence-electron chi connectivity index (χ3n) is 9.59. The molecule has 6 rings (SSSR count). The lowest BCUT2D eigenvalue weighted by Crippen LogP contribution is -2.54. The SMILES string of the molecule is [C-]#[N+]c1cnc2cc(OCCCOCCOCCOCCOCCNc3cccc4c3C(=O)N(C3CCC(=O)NC3=O)C4=O)c(OC)cc2c1Nc1cc(OC)c(Cl)cc1Cl. The number of aromatic nitrogens is 1. The number of benzene rings is 3. The second-order valence-electron chi connectivity index (χ2n) is 13.5. The number of nitrogens with zero attached hydrogens (tertiary/aromatic N) is 3. The number of carbonyl (C=O) groups is 4. The van der Waals surface area contributed by atoms with Crippen LogP contribution in [0.1, 0.15) is 40.0 Å². The van der Waals surface area contributed by atoms with E-state index in [1.54, 1.807) is 42.5 Å². The van der Waals surface area contributed by atoms with Crippen LogP contribution in [-0.2, 0) is 28.5 Å². The van der Waals surface area contributed by atoms with Gasteiger partial charge < -0.3 is 43.8 Å². The quantitative estimate of drug-likeness (QED) is 0.0434. The van der Waals surface area contributed by atoms with E-state index in [9.17, 15) is 19.2 Å². The number of rotatable bonds is 23. The Hall–Kier alpha value is -5.74. The lowest BCUT2D eigenvalue weighted by atomic mass is 10.0. The fourth-order valence-corrected chi connectivity index (χ4v) is 7.13. The van der Waals surface area contributed by atoms with E-state index in [1.165, 1.54) is 20.4 Å². The molecular weight excluding hydrogens is 835 g/mol. The van der Waals surface area contributed by atoms with Crippen molar-refractivity contribution < 1.29 is 52.3 Å². The van der Waals surface area contributed by atoms with Gasteiger partial charge in [0.1, 0.15) is 11.8 Å². The average molecular weight is 880 g/mol. The summed E-state index contributed by atoms with van der Waals surface area (Å²) in [6, 6.07) is 10.6. The number of methoxy groups -OCH3 is 2. The first kappa shape index (κ1) is 44.8. The maximum atomic E-state index is 13.2. The smallest absolute Gasteiger partial charge is 0.264 e. The van der Waals surface area contributed by atoms with Crippen LogP contribution in [0.5, 0.6) is 17.2 Å². The molecule has 2 aliphatic rings. The molecule has 1 unspecified atom stereocenters. The first-order chi connectivity index (χ1) is 29.6. The van der Waals surface area contributed by atoms with Crippen LogP contribution in [0.15, 0.2) is 48.7 Å². The molecule has 0 radical (unpaired) electrons. The molecule has 17 nitrogen and oxygen atoms in total. The van der Waals surface area contributed by atoms with Crippen molar-refractivity contribution in [2.24, 2.45) is 0 Å². The second kappa shape index (κ2) is 21.7. The Bertz CT molecular complexity index is 2310. The zero-order valence-electron chi connectivity index (χ0n) is 33.5. The highest BCUT2D eigenvalue weighted by atomic mass is 35.5. The van der Waals surface area contributed by atoms with E-state index in [-0.39, 0.29) is 29.7 Å². The van der Waals surface area contributed by atoms with Gasteiger partial charge in [-0.25, -0.2) is 4.85 Å². The predicted octanol–water partition coefficient (Wildman–Crippen LogP) is 6.20. The Labute approximate surface area is 361 Å². The molecule has 3 heterocycles. The van der Waals surface area contributed by atoms with Gasteiger partial charge in [-0.3, -0.25) is 34.4 Å². The number of hydrogen-bond donors (Lipinski definition) is 3. The Balaban J connectivity index is 0.820. The molecule has 322 valence electrons. The molecule has 1 fully saturated rings. The fourth-order valence-electron chi connectivity index (χ4n) is 6.62. The largest absolute Gasteiger partial charge is 0.495 e. The minimum absolute atomic E-state index is 0.0548. The van der Waals surface area contributed by atoms with E-state index in [1.807, 2.05) is 0 Å². The van der Waals surface area contributed by atoms with E-state index in [4.69, 9.17) is 62.9 Å².